The van der Waals surface area contributed by atoms with Crippen LogP contribution in [0.15, 0.2) is 18.2 Å². The molecule has 2 nitrogen and oxygen atoms in total. The quantitative estimate of drug-likeness (QED) is 0.750. The van der Waals surface area contributed by atoms with E-state index in [1.807, 2.05) is 13.8 Å². The topological polar surface area (TPSA) is 21.3 Å². The maximum absolute atomic E-state index is 14.0. The summed E-state index contributed by atoms with van der Waals surface area (Å²) in [6, 6.07) is 4.68. The summed E-state index contributed by atoms with van der Waals surface area (Å²) in [5.41, 5.74) is 0.430. The van der Waals surface area contributed by atoms with Crippen LogP contribution in [0.4, 0.5) is 4.39 Å². The zero-order valence-electron chi connectivity index (χ0n) is 12.8. The number of hydrogen-bond donors (Lipinski definition) is 1. The third kappa shape index (κ3) is 5.39. The van der Waals surface area contributed by atoms with Crippen LogP contribution in [-0.4, -0.2) is 19.3 Å². The molecule has 4 heteroatoms. The minimum atomic E-state index is -0.210. The Morgan fingerprint density at radius 2 is 2.10 bits per heavy atom. The Hall–Kier alpha value is -0.640. The lowest BCUT2D eigenvalue weighted by Gasteiger charge is -2.27. The van der Waals surface area contributed by atoms with Crippen LogP contribution in [0.3, 0.4) is 0 Å². The zero-order valence-corrected chi connectivity index (χ0v) is 13.6. The lowest BCUT2D eigenvalue weighted by Crippen LogP contribution is -2.28. The molecule has 0 amide bonds. The number of ether oxygens (including phenoxy) is 1. The molecular formula is C16H25ClFNO. The molecule has 0 heterocycles. The van der Waals surface area contributed by atoms with E-state index in [0.717, 1.165) is 25.8 Å². The molecule has 0 bridgehead atoms. The van der Waals surface area contributed by atoms with Crippen molar-refractivity contribution in [1.82, 2.24) is 5.32 Å². The molecule has 1 rings (SSSR count). The van der Waals surface area contributed by atoms with E-state index in [1.54, 1.807) is 19.2 Å². The number of hydrogen-bond acceptors (Lipinski definition) is 2. The summed E-state index contributed by atoms with van der Waals surface area (Å²) >= 11 is 5.99. The Morgan fingerprint density at radius 1 is 1.40 bits per heavy atom. The second kappa shape index (κ2) is 7.96. The van der Waals surface area contributed by atoms with Gasteiger partial charge in [-0.1, -0.05) is 18.5 Å². The van der Waals surface area contributed by atoms with Crippen molar-refractivity contribution in [3.8, 4) is 0 Å². The molecule has 1 N–H and O–H groups in total. The Morgan fingerprint density at radius 3 is 2.70 bits per heavy atom. The van der Waals surface area contributed by atoms with Crippen LogP contribution in [0.5, 0.6) is 0 Å². The average Bonchev–Trinajstić information content (AvgIpc) is 2.42. The van der Waals surface area contributed by atoms with Crippen LogP contribution >= 0.6 is 11.6 Å². The van der Waals surface area contributed by atoms with Crippen molar-refractivity contribution in [1.29, 1.82) is 0 Å². The van der Waals surface area contributed by atoms with E-state index >= 15 is 0 Å². The van der Waals surface area contributed by atoms with Crippen molar-refractivity contribution < 1.29 is 9.13 Å². The molecule has 0 saturated heterocycles. The number of benzene rings is 1. The maximum Gasteiger partial charge on any atom is 0.128 e. The van der Waals surface area contributed by atoms with Gasteiger partial charge in [0.05, 0.1) is 5.60 Å². The van der Waals surface area contributed by atoms with Gasteiger partial charge in [0.1, 0.15) is 5.82 Å². The molecule has 0 saturated carbocycles. The number of rotatable bonds is 8. The molecule has 1 unspecified atom stereocenters. The Labute approximate surface area is 126 Å². The van der Waals surface area contributed by atoms with Gasteiger partial charge >= 0.3 is 0 Å². The maximum atomic E-state index is 14.0. The van der Waals surface area contributed by atoms with Gasteiger partial charge in [0.25, 0.3) is 0 Å². The second-order valence-corrected chi connectivity index (χ2v) is 6.11. The summed E-state index contributed by atoms with van der Waals surface area (Å²) in [5, 5.41) is 3.96. The molecule has 1 aromatic rings. The smallest absolute Gasteiger partial charge is 0.128 e. The summed E-state index contributed by atoms with van der Waals surface area (Å²) in [6.45, 7) is 7.03. The van der Waals surface area contributed by atoms with Crippen LogP contribution in [0.2, 0.25) is 5.02 Å². The van der Waals surface area contributed by atoms with E-state index in [4.69, 9.17) is 16.3 Å². The van der Waals surface area contributed by atoms with E-state index in [0.29, 0.717) is 10.6 Å². The van der Waals surface area contributed by atoms with Gasteiger partial charge in [0.2, 0.25) is 0 Å². The summed E-state index contributed by atoms with van der Waals surface area (Å²) in [7, 11) is 1.70. The standard InChI is InChI=1S/C16H25ClFNO/c1-5-10-19-15(8-9-16(2,3)20-4)13-11-12(17)6-7-14(13)18/h6-7,11,15,19H,5,8-10H2,1-4H3. The van der Waals surface area contributed by atoms with Gasteiger partial charge in [-0.05, 0) is 57.9 Å². The minimum absolute atomic E-state index is 0.0388. The Balaban J connectivity index is 2.85. The van der Waals surface area contributed by atoms with E-state index in [1.165, 1.54) is 6.07 Å². The van der Waals surface area contributed by atoms with Crippen molar-refractivity contribution in [2.75, 3.05) is 13.7 Å². The predicted octanol–water partition coefficient (Wildman–Crippen LogP) is 4.73. The van der Waals surface area contributed by atoms with Crippen LogP contribution in [0.1, 0.15) is 51.6 Å². The number of methoxy groups -OCH3 is 1. The summed E-state index contributed by atoms with van der Waals surface area (Å²) in [5.74, 6) is -0.210. The third-order valence-electron chi connectivity index (χ3n) is 3.56. The molecular weight excluding hydrogens is 277 g/mol. The molecule has 0 aliphatic carbocycles. The number of nitrogens with one attached hydrogen (secondary N) is 1. The van der Waals surface area contributed by atoms with E-state index in [-0.39, 0.29) is 17.5 Å². The van der Waals surface area contributed by atoms with Crippen LogP contribution in [-0.2, 0) is 4.74 Å². The molecule has 1 aromatic carbocycles. The lowest BCUT2D eigenvalue weighted by molar-refractivity contribution is 0.0116. The Bertz CT molecular complexity index is 423. The van der Waals surface area contributed by atoms with Gasteiger partial charge in [-0.3, -0.25) is 0 Å². The summed E-state index contributed by atoms with van der Waals surface area (Å²) in [6.07, 6.45) is 2.65. The van der Waals surface area contributed by atoms with Crippen molar-refractivity contribution in [3.63, 3.8) is 0 Å². The first-order valence-electron chi connectivity index (χ1n) is 7.13. The molecule has 0 aliphatic heterocycles. The van der Waals surface area contributed by atoms with Gasteiger partial charge < -0.3 is 10.1 Å². The average molecular weight is 302 g/mol. The molecule has 0 spiro atoms. The van der Waals surface area contributed by atoms with Gasteiger partial charge in [0.15, 0.2) is 0 Å². The first kappa shape index (κ1) is 17.4. The summed E-state index contributed by atoms with van der Waals surface area (Å²) in [4.78, 5) is 0. The van der Waals surface area contributed by atoms with E-state index in [2.05, 4.69) is 12.2 Å². The monoisotopic (exact) mass is 301 g/mol. The first-order chi connectivity index (χ1) is 9.39. The second-order valence-electron chi connectivity index (χ2n) is 5.68. The van der Waals surface area contributed by atoms with Crippen molar-refractivity contribution in [2.24, 2.45) is 0 Å². The molecule has 0 aliphatic rings. The normalized spacial score (nSPS) is 13.5. The van der Waals surface area contributed by atoms with Crippen molar-refractivity contribution in [3.05, 3.63) is 34.6 Å². The molecule has 1 atom stereocenters. The first-order valence-corrected chi connectivity index (χ1v) is 7.51. The summed E-state index contributed by atoms with van der Waals surface area (Å²) < 4.78 is 19.5. The highest BCUT2D eigenvalue weighted by Gasteiger charge is 2.22. The highest BCUT2D eigenvalue weighted by Crippen LogP contribution is 2.28. The predicted molar refractivity (Wildman–Crippen MR) is 82.8 cm³/mol. The molecule has 0 fully saturated rings. The van der Waals surface area contributed by atoms with Gasteiger partial charge in [-0.15, -0.1) is 0 Å². The largest absolute Gasteiger partial charge is 0.379 e. The fourth-order valence-electron chi connectivity index (χ4n) is 2.06. The molecule has 0 aromatic heterocycles. The van der Waals surface area contributed by atoms with E-state index < -0.39 is 0 Å². The lowest BCUT2D eigenvalue weighted by atomic mass is 9.94. The van der Waals surface area contributed by atoms with Crippen LogP contribution in [0, 0.1) is 5.82 Å². The Kier molecular flexibility index (Phi) is 6.93. The van der Waals surface area contributed by atoms with Crippen LogP contribution in [0.25, 0.3) is 0 Å². The third-order valence-corrected chi connectivity index (χ3v) is 3.80. The van der Waals surface area contributed by atoms with E-state index in [9.17, 15) is 4.39 Å². The zero-order chi connectivity index (χ0) is 15.2. The fraction of sp³-hybridized carbons (Fsp3) is 0.625. The van der Waals surface area contributed by atoms with Gasteiger partial charge in [0, 0.05) is 23.7 Å². The highest BCUT2D eigenvalue weighted by molar-refractivity contribution is 6.30. The minimum Gasteiger partial charge on any atom is -0.379 e. The molecule has 0 radical (unpaired) electrons. The molecule has 114 valence electrons. The molecule has 20 heavy (non-hydrogen) atoms. The van der Waals surface area contributed by atoms with Gasteiger partial charge in [-0.25, -0.2) is 4.39 Å². The van der Waals surface area contributed by atoms with Crippen molar-refractivity contribution in [2.45, 2.75) is 51.7 Å². The fourth-order valence-corrected chi connectivity index (χ4v) is 2.24. The van der Waals surface area contributed by atoms with Crippen LogP contribution < -0.4 is 5.32 Å². The SMILES string of the molecule is CCCNC(CCC(C)(C)OC)c1cc(Cl)ccc1F. The van der Waals surface area contributed by atoms with Gasteiger partial charge in [-0.2, -0.15) is 0 Å². The van der Waals surface area contributed by atoms with Crippen molar-refractivity contribution >= 4 is 11.6 Å². The highest BCUT2D eigenvalue weighted by atomic mass is 35.5. The number of halogens is 2.